The van der Waals surface area contributed by atoms with E-state index in [-0.39, 0.29) is 12.4 Å². The van der Waals surface area contributed by atoms with Crippen LogP contribution in [-0.4, -0.2) is 24.5 Å². The van der Waals surface area contributed by atoms with Crippen molar-refractivity contribution in [3.63, 3.8) is 0 Å². The minimum atomic E-state index is -1.07. The quantitative estimate of drug-likeness (QED) is 0.302. The number of primary amides is 1. The van der Waals surface area contributed by atoms with E-state index in [1.165, 1.54) is 6.07 Å². The fraction of sp³-hybridized carbons (Fsp3) is 0.100. The number of ether oxygens (including phenoxy) is 3. The second kappa shape index (κ2) is 11.4. The zero-order valence-electron chi connectivity index (χ0n) is 20.8. The summed E-state index contributed by atoms with van der Waals surface area (Å²) < 4.78 is 16.5. The Morgan fingerprint density at radius 3 is 2.36 bits per heavy atom. The van der Waals surface area contributed by atoms with Crippen molar-refractivity contribution in [1.29, 1.82) is 0 Å². The molecule has 0 radical (unpaired) electrons. The number of fused-ring (bicyclic) bond motifs is 1. The molecule has 196 valence electrons. The van der Waals surface area contributed by atoms with Gasteiger partial charge in [-0.05, 0) is 59.7 Å². The number of anilines is 1. The third kappa shape index (κ3) is 6.16. The zero-order chi connectivity index (χ0) is 27.2. The topological polar surface area (TPSA) is 129 Å². The summed E-state index contributed by atoms with van der Waals surface area (Å²) in [5.41, 5.74) is 7.83. The van der Waals surface area contributed by atoms with Gasteiger partial charge in [0.1, 0.15) is 18.4 Å². The van der Waals surface area contributed by atoms with Gasteiger partial charge in [0.25, 0.3) is 11.8 Å². The van der Waals surface area contributed by atoms with Crippen LogP contribution in [0.4, 0.5) is 5.69 Å². The predicted octanol–water partition coefficient (Wildman–Crippen LogP) is 4.20. The molecule has 1 unspecified atom stereocenters. The summed E-state index contributed by atoms with van der Waals surface area (Å²) in [4.78, 5) is 38.2. The van der Waals surface area contributed by atoms with Crippen molar-refractivity contribution in [3.8, 4) is 17.2 Å². The maximum atomic E-state index is 13.4. The molecule has 0 saturated heterocycles. The molecule has 9 heteroatoms. The lowest BCUT2D eigenvalue weighted by Crippen LogP contribution is -2.37. The first-order valence-electron chi connectivity index (χ1n) is 12.1. The molecule has 1 aliphatic rings. The summed E-state index contributed by atoms with van der Waals surface area (Å²) >= 11 is 0. The maximum absolute atomic E-state index is 13.4. The molecule has 1 atom stereocenters. The first kappa shape index (κ1) is 25.3. The summed E-state index contributed by atoms with van der Waals surface area (Å²) in [5.74, 6) is -0.0108. The van der Waals surface area contributed by atoms with Gasteiger partial charge in [0.15, 0.2) is 11.5 Å². The fourth-order valence-electron chi connectivity index (χ4n) is 4.01. The highest BCUT2D eigenvalue weighted by atomic mass is 16.7. The minimum Gasteiger partial charge on any atom is -0.489 e. The van der Waals surface area contributed by atoms with E-state index in [0.717, 1.165) is 5.56 Å². The summed E-state index contributed by atoms with van der Waals surface area (Å²) in [5, 5.41) is 5.55. The number of benzene rings is 4. The zero-order valence-corrected chi connectivity index (χ0v) is 20.8. The first-order valence-corrected chi connectivity index (χ1v) is 12.1. The van der Waals surface area contributed by atoms with Crippen molar-refractivity contribution >= 4 is 23.4 Å². The summed E-state index contributed by atoms with van der Waals surface area (Å²) in [6.45, 7) is 0.468. The van der Waals surface area contributed by atoms with E-state index in [1.807, 2.05) is 30.3 Å². The third-order valence-corrected chi connectivity index (χ3v) is 6.05. The van der Waals surface area contributed by atoms with Crippen LogP contribution < -0.4 is 30.6 Å². The lowest BCUT2D eigenvalue weighted by atomic mass is 10.0. The molecule has 4 aromatic rings. The van der Waals surface area contributed by atoms with Crippen molar-refractivity contribution in [2.45, 2.75) is 12.6 Å². The van der Waals surface area contributed by atoms with E-state index in [9.17, 15) is 14.4 Å². The van der Waals surface area contributed by atoms with Crippen molar-refractivity contribution in [3.05, 3.63) is 119 Å². The molecule has 0 fully saturated rings. The Hall–Kier alpha value is -5.31. The molecule has 3 amide bonds. The largest absolute Gasteiger partial charge is 0.489 e. The predicted molar refractivity (Wildman–Crippen MR) is 144 cm³/mol. The fourth-order valence-corrected chi connectivity index (χ4v) is 4.01. The normalized spacial score (nSPS) is 12.3. The molecule has 39 heavy (non-hydrogen) atoms. The Labute approximate surface area is 224 Å². The monoisotopic (exact) mass is 523 g/mol. The van der Waals surface area contributed by atoms with Crippen LogP contribution in [0.1, 0.15) is 37.9 Å². The average molecular weight is 524 g/mol. The highest BCUT2D eigenvalue weighted by Crippen LogP contribution is 2.32. The van der Waals surface area contributed by atoms with Gasteiger partial charge in [-0.2, -0.15) is 0 Å². The average Bonchev–Trinajstić information content (AvgIpc) is 3.44. The van der Waals surface area contributed by atoms with Crippen LogP contribution in [0.3, 0.4) is 0 Å². The Balaban J connectivity index is 1.36. The number of carbonyl (C=O) groups is 3. The van der Waals surface area contributed by atoms with E-state index in [0.29, 0.717) is 40.7 Å². The lowest BCUT2D eigenvalue weighted by Gasteiger charge is -2.20. The van der Waals surface area contributed by atoms with Crippen molar-refractivity contribution in [1.82, 2.24) is 5.32 Å². The number of nitrogens with two attached hydrogens (primary N) is 1. The van der Waals surface area contributed by atoms with Gasteiger partial charge in [-0.1, -0.05) is 48.5 Å². The Bertz CT molecular complexity index is 1510. The SMILES string of the molecule is NC(=O)c1cccc(NC(=O)C(NC(=O)c2ccc3c(c2)OCO3)c2ccc(OCc3ccccc3)cc2)c1. The number of carbonyl (C=O) groups excluding carboxylic acids is 3. The molecule has 1 heterocycles. The molecular weight excluding hydrogens is 498 g/mol. The van der Waals surface area contributed by atoms with Gasteiger partial charge in [0.2, 0.25) is 12.7 Å². The Kier molecular flexibility index (Phi) is 7.40. The van der Waals surface area contributed by atoms with Crippen LogP contribution >= 0.6 is 0 Å². The molecule has 0 aromatic heterocycles. The van der Waals surface area contributed by atoms with Gasteiger partial charge in [0, 0.05) is 16.8 Å². The molecule has 4 aromatic carbocycles. The Morgan fingerprint density at radius 2 is 1.59 bits per heavy atom. The van der Waals surface area contributed by atoms with Gasteiger partial charge < -0.3 is 30.6 Å². The number of amides is 3. The Morgan fingerprint density at radius 1 is 0.821 bits per heavy atom. The molecule has 5 rings (SSSR count). The number of hydrogen-bond donors (Lipinski definition) is 3. The van der Waals surface area contributed by atoms with E-state index in [2.05, 4.69) is 10.6 Å². The number of hydrogen-bond acceptors (Lipinski definition) is 6. The van der Waals surface area contributed by atoms with Gasteiger partial charge in [-0.15, -0.1) is 0 Å². The van der Waals surface area contributed by atoms with Crippen molar-refractivity contribution in [2.75, 3.05) is 12.1 Å². The molecule has 0 spiro atoms. The lowest BCUT2D eigenvalue weighted by molar-refractivity contribution is -0.118. The minimum absolute atomic E-state index is 0.0779. The second-order valence-corrected chi connectivity index (χ2v) is 8.75. The van der Waals surface area contributed by atoms with Crippen LogP contribution in [0.15, 0.2) is 97.1 Å². The van der Waals surface area contributed by atoms with E-state index in [1.54, 1.807) is 60.7 Å². The van der Waals surface area contributed by atoms with Crippen LogP contribution in [0, 0.1) is 0 Å². The first-order chi connectivity index (χ1) is 19.0. The van der Waals surface area contributed by atoms with Crippen LogP contribution in [0.5, 0.6) is 17.2 Å². The molecule has 9 nitrogen and oxygen atoms in total. The highest BCUT2D eigenvalue weighted by molar-refractivity contribution is 6.02. The van der Waals surface area contributed by atoms with Gasteiger partial charge in [0.05, 0.1) is 0 Å². The summed E-state index contributed by atoms with van der Waals surface area (Å²) in [7, 11) is 0. The highest BCUT2D eigenvalue weighted by Gasteiger charge is 2.25. The smallest absolute Gasteiger partial charge is 0.252 e. The van der Waals surface area contributed by atoms with Gasteiger partial charge >= 0.3 is 0 Å². The molecular formula is C30H25N3O6. The molecule has 0 saturated carbocycles. The van der Waals surface area contributed by atoms with Gasteiger partial charge in [-0.25, -0.2) is 0 Å². The molecule has 1 aliphatic heterocycles. The van der Waals surface area contributed by atoms with E-state index < -0.39 is 23.8 Å². The van der Waals surface area contributed by atoms with Crippen LogP contribution in [-0.2, 0) is 11.4 Å². The van der Waals surface area contributed by atoms with E-state index in [4.69, 9.17) is 19.9 Å². The molecule has 0 bridgehead atoms. The summed E-state index contributed by atoms with van der Waals surface area (Å²) in [6.07, 6.45) is 0. The van der Waals surface area contributed by atoms with Crippen molar-refractivity contribution < 1.29 is 28.6 Å². The third-order valence-electron chi connectivity index (χ3n) is 6.05. The van der Waals surface area contributed by atoms with E-state index >= 15 is 0 Å². The number of nitrogens with one attached hydrogen (secondary N) is 2. The standard InChI is InChI=1S/C30H25N3O6/c31-28(34)21-7-4-8-23(15-21)32-30(36)27(33-29(35)22-11-14-25-26(16-22)39-18-38-25)20-9-12-24(13-10-20)37-17-19-5-2-1-3-6-19/h1-16,27H,17-18H2,(H2,31,34)(H,32,36)(H,33,35). The molecule has 0 aliphatic carbocycles. The van der Waals surface area contributed by atoms with Crippen LogP contribution in [0.25, 0.3) is 0 Å². The van der Waals surface area contributed by atoms with Crippen LogP contribution in [0.2, 0.25) is 0 Å². The summed E-state index contributed by atoms with van der Waals surface area (Å²) in [6, 6.07) is 26.6. The van der Waals surface area contributed by atoms with Gasteiger partial charge in [-0.3, -0.25) is 14.4 Å². The second-order valence-electron chi connectivity index (χ2n) is 8.75. The maximum Gasteiger partial charge on any atom is 0.252 e. The van der Waals surface area contributed by atoms with Crippen molar-refractivity contribution in [2.24, 2.45) is 5.73 Å². The number of rotatable bonds is 9. The molecule has 4 N–H and O–H groups in total.